The Morgan fingerprint density at radius 1 is 1.12 bits per heavy atom. The number of H-pyrrole nitrogens is 1. The lowest BCUT2D eigenvalue weighted by Gasteiger charge is -2.09. The molecule has 0 radical (unpaired) electrons. The minimum Gasteiger partial charge on any atom is -0.497 e. The number of carbonyl (C=O) groups excluding carboxylic acids is 1. The summed E-state index contributed by atoms with van der Waals surface area (Å²) in [5.41, 5.74) is 10.4. The number of hydrogen-bond acceptors (Lipinski definition) is 5. The molecule has 8 nitrogen and oxygen atoms in total. The summed E-state index contributed by atoms with van der Waals surface area (Å²) >= 11 is 0. The molecule has 1 aliphatic heterocycles. The molecule has 8 heteroatoms. The SMILES string of the molecule is COc1ccc(-c2cc(C(=O)NNC3=NCCC3)c3c(C)[nH][n+](-c4ccccc4)c3n2)cc1. The number of hydrogen-bond donors (Lipinski definition) is 3. The van der Waals surface area contributed by atoms with Crippen LogP contribution in [0.4, 0.5) is 0 Å². The summed E-state index contributed by atoms with van der Waals surface area (Å²) in [4.78, 5) is 22.6. The number of benzene rings is 2. The van der Waals surface area contributed by atoms with Crippen molar-refractivity contribution in [2.24, 2.45) is 4.99 Å². The molecule has 0 saturated carbocycles. The smallest absolute Gasteiger partial charge is 0.357 e. The van der Waals surface area contributed by atoms with Gasteiger partial charge in [-0.25, -0.2) is 5.10 Å². The summed E-state index contributed by atoms with van der Waals surface area (Å²) in [6.07, 6.45) is 1.83. The minimum absolute atomic E-state index is 0.242. The number of amidine groups is 1. The molecule has 0 saturated heterocycles. The van der Waals surface area contributed by atoms with Gasteiger partial charge >= 0.3 is 5.65 Å². The topological polar surface area (TPSA) is 95.3 Å². The highest BCUT2D eigenvalue weighted by atomic mass is 16.5. The Kier molecular flexibility index (Phi) is 5.48. The molecule has 0 spiro atoms. The summed E-state index contributed by atoms with van der Waals surface area (Å²) in [7, 11) is 1.63. The number of fused-ring (bicyclic) bond motifs is 1. The molecule has 3 N–H and O–H groups in total. The number of aliphatic imine (C=N–C) groups is 1. The minimum atomic E-state index is -0.242. The number of aromatic nitrogens is 3. The molecule has 2 aromatic heterocycles. The molecule has 0 unspecified atom stereocenters. The second-order valence-corrected chi connectivity index (χ2v) is 7.90. The van der Waals surface area contributed by atoms with Gasteiger partial charge in [0.1, 0.15) is 17.0 Å². The number of para-hydroxylation sites is 1. The standard InChI is InChI=1S/C25H24N6O2/c1-16-23-20(25(32)29-28-22-9-6-14-26-22)15-21(17-10-12-19(33-2)13-11-17)27-24(23)31(30-16)18-7-4-3-5-8-18/h3-5,7-8,10-13,15H,6,9,14H2,1-2H3,(H2,26,27,28,29,30,32)/p+1. The first kappa shape index (κ1) is 20.7. The largest absolute Gasteiger partial charge is 0.497 e. The van der Waals surface area contributed by atoms with Crippen LogP contribution in [0.3, 0.4) is 0 Å². The van der Waals surface area contributed by atoms with Gasteiger partial charge in [0.25, 0.3) is 5.91 Å². The molecular weight excluding hydrogens is 416 g/mol. The molecule has 4 aromatic rings. The van der Waals surface area contributed by atoms with Gasteiger partial charge in [0.15, 0.2) is 11.4 Å². The summed E-state index contributed by atoms with van der Waals surface area (Å²) in [6, 6.07) is 19.4. The monoisotopic (exact) mass is 441 g/mol. The van der Waals surface area contributed by atoms with Gasteiger partial charge in [-0.2, -0.15) is 0 Å². The summed E-state index contributed by atoms with van der Waals surface area (Å²) < 4.78 is 7.19. The lowest BCUT2D eigenvalue weighted by molar-refractivity contribution is -0.632. The maximum absolute atomic E-state index is 13.3. The second-order valence-electron chi connectivity index (χ2n) is 7.90. The van der Waals surface area contributed by atoms with Crippen molar-refractivity contribution in [3.8, 4) is 22.7 Å². The molecular formula is C25H25N6O2+. The molecule has 0 bridgehead atoms. The number of pyridine rings is 1. The third kappa shape index (κ3) is 4.03. The van der Waals surface area contributed by atoms with Crippen molar-refractivity contribution in [1.29, 1.82) is 0 Å². The third-order valence-corrected chi connectivity index (χ3v) is 5.71. The van der Waals surface area contributed by atoms with E-state index in [1.165, 1.54) is 0 Å². The van der Waals surface area contributed by atoms with Crippen molar-refractivity contribution < 1.29 is 14.2 Å². The van der Waals surface area contributed by atoms with Gasteiger partial charge in [-0.05, 0) is 54.7 Å². The van der Waals surface area contributed by atoms with Crippen molar-refractivity contribution in [2.45, 2.75) is 19.8 Å². The van der Waals surface area contributed by atoms with Crippen LogP contribution in [-0.2, 0) is 0 Å². The Morgan fingerprint density at radius 3 is 2.61 bits per heavy atom. The number of nitrogens with one attached hydrogen (secondary N) is 3. The summed E-state index contributed by atoms with van der Waals surface area (Å²) in [5.74, 6) is 1.32. The van der Waals surface area contributed by atoms with Gasteiger partial charge in [0.2, 0.25) is 0 Å². The first-order valence-electron chi connectivity index (χ1n) is 10.9. The van der Waals surface area contributed by atoms with Gasteiger partial charge < -0.3 is 4.74 Å². The molecule has 0 atom stereocenters. The zero-order valence-electron chi connectivity index (χ0n) is 18.6. The Bertz CT molecular complexity index is 1340. The molecule has 33 heavy (non-hydrogen) atoms. The van der Waals surface area contributed by atoms with Gasteiger partial charge in [0, 0.05) is 24.6 Å². The van der Waals surface area contributed by atoms with Crippen LogP contribution in [0.1, 0.15) is 28.9 Å². The number of carbonyl (C=O) groups is 1. The molecule has 5 rings (SSSR count). The number of ether oxygens (including phenoxy) is 1. The van der Waals surface area contributed by atoms with Gasteiger partial charge in [0.05, 0.1) is 18.4 Å². The summed E-state index contributed by atoms with van der Waals surface area (Å²) in [5, 5.41) is 4.14. The Morgan fingerprint density at radius 2 is 1.91 bits per heavy atom. The van der Waals surface area contributed by atoms with Crippen molar-refractivity contribution in [1.82, 2.24) is 20.9 Å². The molecule has 166 valence electrons. The van der Waals surface area contributed by atoms with Crippen LogP contribution in [0.5, 0.6) is 5.75 Å². The van der Waals surface area contributed by atoms with Crippen LogP contribution in [0.2, 0.25) is 0 Å². The summed E-state index contributed by atoms with van der Waals surface area (Å²) in [6.45, 7) is 2.73. The molecule has 0 fully saturated rings. The lowest BCUT2D eigenvalue weighted by Crippen LogP contribution is -2.41. The molecule has 1 aliphatic rings. The van der Waals surface area contributed by atoms with E-state index in [2.05, 4.69) is 20.9 Å². The number of aryl methyl sites for hydroxylation is 1. The lowest BCUT2D eigenvalue weighted by atomic mass is 10.0. The first-order chi connectivity index (χ1) is 16.1. The van der Waals surface area contributed by atoms with Crippen LogP contribution in [0, 0.1) is 6.92 Å². The van der Waals surface area contributed by atoms with Gasteiger partial charge in [-0.15, -0.1) is 4.68 Å². The van der Waals surface area contributed by atoms with Crippen molar-refractivity contribution >= 4 is 22.8 Å². The van der Waals surface area contributed by atoms with Crippen LogP contribution in [0.15, 0.2) is 65.7 Å². The third-order valence-electron chi connectivity index (χ3n) is 5.71. The number of amides is 1. The van der Waals surface area contributed by atoms with Crippen LogP contribution in [-0.4, -0.2) is 35.5 Å². The number of rotatable bonds is 4. The number of methoxy groups -OCH3 is 1. The van der Waals surface area contributed by atoms with Crippen molar-refractivity contribution in [3.63, 3.8) is 0 Å². The predicted molar refractivity (Wildman–Crippen MR) is 126 cm³/mol. The Balaban J connectivity index is 1.64. The van der Waals surface area contributed by atoms with E-state index in [9.17, 15) is 4.79 Å². The zero-order valence-corrected chi connectivity index (χ0v) is 18.6. The Hall–Kier alpha value is -4.20. The van der Waals surface area contributed by atoms with E-state index in [0.29, 0.717) is 16.9 Å². The highest BCUT2D eigenvalue weighted by Gasteiger charge is 2.27. The predicted octanol–water partition coefficient (Wildman–Crippen LogP) is 3.25. The fourth-order valence-corrected chi connectivity index (χ4v) is 4.03. The fraction of sp³-hybridized carbons (Fsp3) is 0.200. The second kappa shape index (κ2) is 8.74. The van der Waals surface area contributed by atoms with E-state index in [1.54, 1.807) is 7.11 Å². The highest BCUT2D eigenvalue weighted by molar-refractivity contribution is 6.07. The van der Waals surface area contributed by atoms with Gasteiger partial charge in [-0.3, -0.25) is 20.6 Å². The average Bonchev–Trinajstić information content (AvgIpc) is 3.50. The van der Waals surface area contributed by atoms with Crippen LogP contribution < -0.4 is 20.3 Å². The number of aromatic amines is 1. The van der Waals surface area contributed by atoms with E-state index in [0.717, 1.165) is 53.3 Å². The molecule has 3 heterocycles. The first-order valence-corrected chi connectivity index (χ1v) is 10.9. The normalized spacial score (nSPS) is 13.1. The van der Waals surface area contributed by atoms with E-state index >= 15 is 0 Å². The maximum Gasteiger partial charge on any atom is 0.357 e. The molecule has 2 aromatic carbocycles. The maximum atomic E-state index is 13.3. The zero-order chi connectivity index (χ0) is 22.8. The number of nitrogens with zero attached hydrogens (tertiary/aromatic N) is 3. The quantitative estimate of drug-likeness (QED) is 0.335. The van der Waals surface area contributed by atoms with E-state index in [-0.39, 0.29) is 5.91 Å². The van der Waals surface area contributed by atoms with E-state index in [4.69, 9.17) is 9.72 Å². The van der Waals surface area contributed by atoms with Gasteiger partial charge in [-0.1, -0.05) is 18.2 Å². The van der Waals surface area contributed by atoms with Crippen LogP contribution in [0.25, 0.3) is 28.0 Å². The average molecular weight is 442 g/mol. The van der Waals surface area contributed by atoms with Crippen LogP contribution >= 0.6 is 0 Å². The highest BCUT2D eigenvalue weighted by Crippen LogP contribution is 2.27. The molecule has 1 amide bonds. The van der Waals surface area contributed by atoms with Crippen molar-refractivity contribution in [3.05, 3.63) is 71.9 Å². The molecule has 0 aliphatic carbocycles. The van der Waals surface area contributed by atoms with E-state index < -0.39 is 0 Å². The Labute approximate surface area is 191 Å². The number of hydrazine groups is 1. The van der Waals surface area contributed by atoms with Crippen molar-refractivity contribution in [2.75, 3.05) is 13.7 Å². The fourth-order valence-electron chi connectivity index (χ4n) is 4.03. The van der Waals surface area contributed by atoms with E-state index in [1.807, 2.05) is 72.3 Å².